The molecule has 0 aromatic heterocycles. The first-order chi connectivity index (χ1) is 6.51. The Morgan fingerprint density at radius 1 is 1.14 bits per heavy atom. The Labute approximate surface area is 85.5 Å². The molecule has 78 valence electrons. The number of aliphatic hydroxyl groups is 1. The molecule has 0 saturated carbocycles. The first-order valence-corrected chi connectivity index (χ1v) is 4.84. The highest BCUT2D eigenvalue weighted by atomic mass is 16.5. The fraction of sp³-hybridized carbons (Fsp3) is 0.500. The van der Waals surface area contributed by atoms with Crippen LogP contribution in [-0.4, -0.2) is 11.7 Å². The van der Waals surface area contributed by atoms with Gasteiger partial charge in [-0.2, -0.15) is 0 Å². The van der Waals surface area contributed by atoms with Gasteiger partial charge in [0.05, 0.1) is 13.2 Å². The molecular formula is C12H18O2. The van der Waals surface area contributed by atoms with E-state index in [1.807, 2.05) is 24.3 Å². The molecule has 14 heavy (non-hydrogen) atoms. The second-order valence-corrected chi connectivity index (χ2v) is 4.65. The molecule has 1 N–H and O–H groups in total. The SMILES string of the molecule is CC(C)(C)COc1ccc(CO)cc1. The highest BCUT2D eigenvalue weighted by Gasteiger charge is 2.10. The van der Waals surface area contributed by atoms with E-state index in [2.05, 4.69) is 20.8 Å². The molecule has 2 heteroatoms. The second-order valence-electron chi connectivity index (χ2n) is 4.65. The van der Waals surface area contributed by atoms with Crippen LogP contribution in [0.3, 0.4) is 0 Å². The van der Waals surface area contributed by atoms with Crippen molar-refractivity contribution in [1.82, 2.24) is 0 Å². The number of hydrogen-bond donors (Lipinski definition) is 1. The average molecular weight is 194 g/mol. The van der Waals surface area contributed by atoms with Crippen LogP contribution in [0.5, 0.6) is 5.75 Å². The number of rotatable bonds is 3. The van der Waals surface area contributed by atoms with E-state index in [0.717, 1.165) is 11.3 Å². The summed E-state index contributed by atoms with van der Waals surface area (Å²) in [5.41, 5.74) is 1.09. The van der Waals surface area contributed by atoms with Crippen molar-refractivity contribution in [3.05, 3.63) is 29.8 Å². The molecule has 0 heterocycles. The lowest BCUT2D eigenvalue weighted by molar-refractivity contribution is 0.197. The van der Waals surface area contributed by atoms with Crippen LogP contribution in [0.25, 0.3) is 0 Å². The van der Waals surface area contributed by atoms with Gasteiger partial charge in [-0.05, 0) is 23.1 Å². The van der Waals surface area contributed by atoms with Crippen LogP contribution in [0.1, 0.15) is 26.3 Å². The smallest absolute Gasteiger partial charge is 0.119 e. The highest BCUT2D eigenvalue weighted by Crippen LogP contribution is 2.18. The van der Waals surface area contributed by atoms with E-state index in [0.29, 0.717) is 6.61 Å². The first-order valence-electron chi connectivity index (χ1n) is 4.84. The van der Waals surface area contributed by atoms with Crippen molar-refractivity contribution in [3.8, 4) is 5.75 Å². The molecule has 0 radical (unpaired) electrons. The van der Waals surface area contributed by atoms with E-state index in [4.69, 9.17) is 9.84 Å². The van der Waals surface area contributed by atoms with Crippen LogP contribution in [0.4, 0.5) is 0 Å². The molecule has 0 aliphatic heterocycles. The Kier molecular flexibility index (Phi) is 3.53. The Morgan fingerprint density at radius 2 is 1.71 bits per heavy atom. The fourth-order valence-electron chi connectivity index (χ4n) is 0.991. The van der Waals surface area contributed by atoms with Crippen LogP contribution in [0, 0.1) is 5.41 Å². The summed E-state index contributed by atoms with van der Waals surface area (Å²) < 4.78 is 5.59. The molecule has 0 unspecified atom stereocenters. The fourth-order valence-corrected chi connectivity index (χ4v) is 0.991. The molecule has 2 nitrogen and oxygen atoms in total. The normalized spacial score (nSPS) is 11.4. The zero-order valence-electron chi connectivity index (χ0n) is 9.08. The topological polar surface area (TPSA) is 29.5 Å². The zero-order chi connectivity index (χ0) is 10.6. The van der Waals surface area contributed by atoms with Crippen molar-refractivity contribution >= 4 is 0 Å². The third-order valence-electron chi connectivity index (χ3n) is 1.78. The number of hydrogen-bond acceptors (Lipinski definition) is 2. The Hall–Kier alpha value is -1.02. The number of ether oxygens (including phenoxy) is 1. The molecule has 1 rings (SSSR count). The van der Waals surface area contributed by atoms with Crippen LogP contribution >= 0.6 is 0 Å². The summed E-state index contributed by atoms with van der Waals surface area (Å²) in [7, 11) is 0. The van der Waals surface area contributed by atoms with Crippen LogP contribution in [0.2, 0.25) is 0 Å². The molecule has 1 aromatic rings. The van der Waals surface area contributed by atoms with E-state index in [1.165, 1.54) is 0 Å². The average Bonchev–Trinajstić information content (AvgIpc) is 2.14. The maximum atomic E-state index is 8.85. The summed E-state index contributed by atoms with van der Waals surface area (Å²) in [4.78, 5) is 0. The number of benzene rings is 1. The van der Waals surface area contributed by atoms with Crippen LogP contribution in [-0.2, 0) is 6.61 Å². The minimum absolute atomic E-state index is 0.0829. The van der Waals surface area contributed by atoms with Crippen molar-refractivity contribution in [2.75, 3.05) is 6.61 Å². The van der Waals surface area contributed by atoms with E-state index in [-0.39, 0.29) is 12.0 Å². The lowest BCUT2D eigenvalue weighted by Gasteiger charge is -2.18. The third kappa shape index (κ3) is 3.79. The van der Waals surface area contributed by atoms with E-state index >= 15 is 0 Å². The Morgan fingerprint density at radius 3 is 2.14 bits per heavy atom. The minimum Gasteiger partial charge on any atom is -0.493 e. The molecule has 0 aliphatic carbocycles. The van der Waals surface area contributed by atoms with Gasteiger partial charge in [0.15, 0.2) is 0 Å². The summed E-state index contributed by atoms with van der Waals surface area (Å²) >= 11 is 0. The van der Waals surface area contributed by atoms with Gasteiger partial charge in [-0.25, -0.2) is 0 Å². The summed E-state index contributed by atoms with van der Waals surface area (Å²) in [6.07, 6.45) is 0. The molecule has 0 fully saturated rings. The van der Waals surface area contributed by atoms with Gasteiger partial charge in [-0.1, -0.05) is 32.9 Å². The van der Waals surface area contributed by atoms with Gasteiger partial charge in [0.1, 0.15) is 5.75 Å². The summed E-state index contributed by atoms with van der Waals surface area (Å²) in [6, 6.07) is 7.52. The maximum Gasteiger partial charge on any atom is 0.119 e. The third-order valence-corrected chi connectivity index (χ3v) is 1.78. The molecule has 0 amide bonds. The zero-order valence-corrected chi connectivity index (χ0v) is 9.08. The van der Waals surface area contributed by atoms with Crippen LogP contribution < -0.4 is 4.74 Å². The second kappa shape index (κ2) is 4.47. The van der Waals surface area contributed by atoms with Gasteiger partial charge in [0, 0.05) is 0 Å². The van der Waals surface area contributed by atoms with E-state index < -0.39 is 0 Å². The summed E-state index contributed by atoms with van der Waals surface area (Å²) in [5.74, 6) is 0.858. The van der Waals surface area contributed by atoms with Crippen molar-refractivity contribution in [1.29, 1.82) is 0 Å². The summed E-state index contributed by atoms with van der Waals surface area (Å²) in [5, 5.41) is 8.85. The van der Waals surface area contributed by atoms with Crippen molar-refractivity contribution in [2.24, 2.45) is 5.41 Å². The molecule has 0 saturated heterocycles. The quantitative estimate of drug-likeness (QED) is 0.801. The predicted molar refractivity (Wildman–Crippen MR) is 57.3 cm³/mol. The van der Waals surface area contributed by atoms with Gasteiger partial charge in [0.25, 0.3) is 0 Å². The van der Waals surface area contributed by atoms with Gasteiger partial charge in [0.2, 0.25) is 0 Å². The lowest BCUT2D eigenvalue weighted by Crippen LogP contribution is -2.16. The molecule has 0 atom stereocenters. The van der Waals surface area contributed by atoms with Gasteiger partial charge in [-0.3, -0.25) is 0 Å². The molecule has 0 aliphatic rings. The molecule has 0 spiro atoms. The van der Waals surface area contributed by atoms with E-state index in [1.54, 1.807) is 0 Å². The predicted octanol–water partition coefficient (Wildman–Crippen LogP) is 2.60. The monoisotopic (exact) mass is 194 g/mol. The Bertz CT molecular complexity index is 269. The minimum atomic E-state index is 0.0829. The van der Waals surface area contributed by atoms with Crippen molar-refractivity contribution in [2.45, 2.75) is 27.4 Å². The highest BCUT2D eigenvalue weighted by molar-refractivity contribution is 5.26. The maximum absolute atomic E-state index is 8.85. The first kappa shape index (κ1) is 11.1. The standard InChI is InChI=1S/C12H18O2/c1-12(2,3)9-14-11-6-4-10(8-13)5-7-11/h4-7,13H,8-9H2,1-3H3. The van der Waals surface area contributed by atoms with Crippen LogP contribution in [0.15, 0.2) is 24.3 Å². The van der Waals surface area contributed by atoms with Crippen molar-refractivity contribution in [3.63, 3.8) is 0 Å². The number of aliphatic hydroxyl groups excluding tert-OH is 1. The lowest BCUT2D eigenvalue weighted by atomic mass is 9.99. The molecular weight excluding hydrogens is 176 g/mol. The van der Waals surface area contributed by atoms with E-state index in [9.17, 15) is 0 Å². The van der Waals surface area contributed by atoms with Gasteiger partial charge < -0.3 is 9.84 Å². The van der Waals surface area contributed by atoms with Gasteiger partial charge in [-0.15, -0.1) is 0 Å². The van der Waals surface area contributed by atoms with Gasteiger partial charge >= 0.3 is 0 Å². The Balaban J connectivity index is 2.52. The van der Waals surface area contributed by atoms with Crippen molar-refractivity contribution < 1.29 is 9.84 Å². The molecule has 1 aromatic carbocycles. The summed E-state index contributed by atoms with van der Waals surface area (Å²) in [6.45, 7) is 7.18. The largest absolute Gasteiger partial charge is 0.493 e. The molecule has 0 bridgehead atoms.